The summed E-state index contributed by atoms with van der Waals surface area (Å²) in [6, 6.07) is 0. The van der Waals surface area contributed by atoms with Gasteiger partial charge < -0.3 is 0 Å². The van der Waals surface area contributed by atoms with Crippen LogP contribution in [0.5, 0.6) is 0 Å². The third-order valence-electron chi connectivity index (χ3n) is 3.46. The SMILES string of the molecule is Cc1cnc(C2CCCCCCCC2)[pH]1. The molecular formula is C13H22NP. The lowest BCUT2D eigenvalue weighted by molar-refractivity contribution is 0.537. The van der Waals surface area contributed by atoms with E-state index in [4.69, 9.17) is 0 Å². The zero-order valence-corrected chi connectivity index (χ0v) is 10.8. The maximum absolute atomic E-state index is 4.61. The standard InChI is InChI=1S/C13H22NP/c1-11-10-14-13(15-11)12-8-6-4-2-3-5-7-9-12/h10,12,15H,2-9H2,1H3. The van der Waals surface area contributed by atoms with Crippen molar-refractivity contribution in [2.24, 2.45) is 0 Å². The highest BCUT2D eigenvalue weighted by atomic mass is 31.0. The molecule has 0 radical (unpaired) electrons. The Balaban J connectivity index is 1.98. The van der Waals surface area contributed by atoms with Gasteiger partial charge in [0.15, 0.2) is 0 Å². The molecule has 1 fully saturated rings. The lowest BCUT2D eigenvalue weighted by atomic mass is 9.98. The molecule has 84 valence electrons. The van der Waals surface area contributed by atoms with E-state index in [2.05, 4.69) is 18.1 Å². The summed E-state index contributed by atoms with van der Waals surface area (Å²) in [6.45, 7) is 2.21. The van der Waals surface area contributed by atoms with Crippen molar-refractivity contribution in [3.8, 4) is 0 Å². The molecule has 1 nitrogen and oxygen atoms in total. The van der Waals surface area contributed by atoms with Crippen molar-refractivity contribution in [3.63, 3.8) is 0 Å². The first kappa shape index (κ1) is 11.2. The molecule has 1 aromatic heterocycles. The number of hydrogen-bond acceptors (Lipinski definition) is 1. The fourth-order valence-corrected chi connectivity index (χ4v) is 3.70. The Morgan fingerprint density at radius 3 is 2.20 bits per heavy atom. The van der Waals surface area contributed by atoms with Crippen molar-refractivity contribution in [2.45, 2.75) is 64.2 Å². The summed E-state index contributed by atoms with van der Waals surface area (Å²) in [5.74, 6) is 0.815. The molecule has 0 saturated heterocycles. The average Bonchev–Trinajstić information content (AvgIpc) is 2.69. The largest absolute Gasteiger partial charge is 0.256 e. The summed E-state index contributed by atoms with van der Waals surface area (Å²) < 4.78 is 0. The van der Waals surface area contributed by atoms with E-state index in [0.29, 0.717) is 0 Å². The number of aromatic nitrogens is 1. The highest BCUT2D eigenvalue weighted by Crippen LogP contribution is 2.34. The third kappa shape index (κ3) is 3.34. The van der Waals surface area contributed by atoms with Crippen LogP contribution in [0.15, 0.2) is 6.20 Å². The van der Waals surface area contributed by atoms with Crippen LogP contribution in [0.2, 0.25) is 0 Å². The van der Waals surface area contributed by atoms with Gasteiger partial charge in [-0.2, -0.15) is 0 Å². The molecule has 2 rings (SSSR count). The van der Waals surface area contributed by atoms with Crippen LogP contribution in [0.25, 0.3) is 0 Å². The van der Waals surface area contributed by atoms with Gasteiger partial charge >= 0.3 is 0 Å². The van der Waals surface area contributed by atoms with Crippen LogP contribution in [0.1, 0.15) is 68.0 Å². The molecule has 1 aromatic rings. The second-order valence-corrected chi connectivity index (χ2v) is 6.40. The second-order valence-electron chi connectivity index (χ2n) is 4.85. The molecular weight excluding hydrogens is 201 g/mol. The smallest absolute Gasteiger partial charge is 0.0595 e. The number of hydrogen-bond donors (Lipinski definition) is 0. The number of nitrogens with zero attached hydrogens (tertiary/aromatic N) is 1. The second kappa shape index (κ2) is 5.70. The Bertz CT molecular complexity index is 282. The minimum absolute atomic E-state index is 0.815. The summed E-state index contributed by atoms with van der Waals surface area (Å²) in [4.78, 5) is 4.61. The van der Waals surface area contributed by atoms with Gasteiger partial charge in [0.1, 0.15) is 0 Å². The van der Waals surface area contributed by atoms with E-state index in [1.54, 1.807) is 0 Å². The van der Waals surface area contributed by atoms with Gasteiger partial charge in [-0.05, 0) is 25.1 Å². The topological polar surface area (TPSA) is 12.9 Å². The monoisotopic (exact) mass is 223 g/mol. The Kier molecular flexibility index (Phi) is 4.26. The zero-order valence-electron chi connectivity index (χ0n) is 9.76. The van der Waals surface area contributed by atoms with Gasteiger partial charge in [-0.15, -0.1) is 8.19 Å². The molecule has 1 aliphatic carbocycles. The van der Waals surface area contributed by atoms with E-state index in [-0.39, 0.29) is 0 Å². The molecule has 1 unspecified atom stereocenters. The van der Waals surface area contributed by atoms with Gasteiger partial charge in [-0.1, -0.05) is 38.5 Å². The van der Waals surface area contributed by atoms with Crippen LogP contribution >= 0.6 is 8.19 Å². The molecule has 1 atom stereocenters. The van der Waals surface area contributed by atoms with Gasteiger partial charge in [-0.3, -0.25) is 4.98 Å². The first-order valence-electron chi connectivity index (χ1n) is 6.38. The Morgan fingerprint density at radius 1 is 1.07 bits per heavy atom. The first-order chi connectivity index (χ1) is 7.36. The van der Waals surface area contributed by atoms with Crippen molar-refractivity contribution in [3.05, 3.63) is 16.9 Å². The van der Waals surface area contributed by atoms with Crippen molar-refractivity contribution >= 4 is 8.19 Å². The normalized spacial score (nSPS) is 21.1. The molecule has 0 amide bonds. The average molecular weight is 223 g/mol. The van der Waals surface area contributed by atoms with Crippen LogP contribution in [0.3, 0.4) is 0 Å². The highest BCUT2D eigenvalue weighted by Gasteiger charge is 2.14. The summed E-state index contributed by atoms with van der Waals surface area (Å²) in [5.41, 5.74) is 1.51. The third-order valence-corrected chi connectivity index (χ3v) is 4.78. The molecule has 1 aliphatic rings. The lowest BCUT2D eigenvalue weighted by Crippen LogP contribution is -1.97. The fraction of sp³-hybridized carbons (Fsp3) is 0.769. The molecule has 0 bridgehead atoms. The van der Waals surface area contributed by atoms with Gasteiger partial charge in [0.25, 0.3) is 0 Å². The van der Waals surface area contributed by atoms with Gasteiger partial charge in [0.2, 0.25) is 0 Å². The molecule has 15 heavy (non-hydrogen) atoms. The molecule has 2 heteroatoms. The zero-order chi connectivity index (χ0) is 10.5. The minimum atomic E-state index is 0.815. The summed E-state index contributed by atoms with van der Waals surface area (Å²) in [7, 11) is 0.908. The van der Waals surface area contributed by atoms with Gasteiger partial charge in [0, 0.05) is 12.1 Å². The van der Waals surface area contributed by atoms with Crippen LogP contribution in [-0.4, -0.2) is 4.98 Å². The highest BCUT2D eigenvalue weighted by molar-refractivity contribution is 7.31. The predicted octanol–water partition coefficient (Wildman–Crippen LogP) is 4.64. The Hall–Kier alpha value is -0.290. The summed E-state index contributed by atoms with van der Waals surface area (Å²) in [5, 5.41) is 1.48. The molecule has 0 aliphatic heterocycles. The van der Waals surface area contributed by atoms with Crippen LogP contribution < -0.4 is 0 Å². The van der Waals surface area contributed by atoms with Gasteiger partial charge in [-0.25, -0.2) is 0 Å². The maximum Gasteiger partial charge on any atom is 0.0595 e. The van der Waals surface area contributed by atoms with Crippen LogP contribution in [0, 0.1) is 6.92 Å². The van der Waals surface area contributed by atoms with Crippen LogP contribution in [0.4, 0.5) is 0 Å². The Labute approximate surface area is 94.8 Å². The number of aryl methyl sites for hydroxylation is 1. The van der Waals surface area contributed by atoms with E-state index in [0.717, 1.165) is 14.1 Å². The first-order valence-corrected chi connectivity index (χ1v) is 7.38. The van der Waals surface area contributed by atoms with Gasteiger partial charge in [0.05, 0.1) is 5.43 Å². The minimum Gasteiger partial charge on any atom is -0.256 e. The maximum atomic E-state index is 4.61. The Morgan fingerprint density at radius 2 is 1.67 bits per heavy atom. The summed E-state index contributed by atoms with van der Waals surface area (Å²) >= 11 is 0. The van der Waals surface area contributed by atoms with Crippen molar-refractivity contribution in [1.29, 1.82) is 0 Å². The van der Waals surface area contributed by atoms with E-state index in [9.17, 15) is 0 Å². The molecule has 0 spiro atoms. The van der Waals surface area contributed by atoms with E-state index >= 15 is 0 Å². The number of rotatable bonds is 1. The molecule has 0 aromatic carbocycles. The molecule has 0 N–H and O–H groups in total. The van der Waals surface area contributed by atoms with E-state index in [1.165, 1.54) is 62.1 Å². The molecule has 1 saturated carbocycles. The van der Waals surface area contributed by atoms with Crippen LogP contribution in [-0.2, 0) is 0 Å². The summed E-state index contributed by atoms with van der Waals surface area (Å²) in [6.07, 6.45) is 13.5. The van der Waals surface area contributed by atoms with Crippen molar-refractivity contribution in [2.75, 3.05) is 0 Å². The molecule has 1 heterocycles. The van der Waals surface area contributed by atoms with Crippen molar-refractivity contribution in [1.82, 2.24) is 4.98 Å². The lowest BCUT2D eigenvalue weighted by Gasteiger charge is -2.12. The quantitative estimate of drug-likeness (QED) is 0.676. The fourth-order valence-electron chi connectivity index (χ4n) is 2.55. The van der Waals surface area contributed by atoms with E-state index < -0.39 is 0 Å². The van der Waals surface area contributed by atoms with Crippen molar-refractivity contribution < 1.29 is 0 Å². The van der Waals surface area contributed by atoms with E-state index in [1.807, 2.05) is 0 Å². The predicted molar refractivity (Wildman–Crippen MR) is 68.2 cm³/mol.